The molecule has 0 radical (unpaired) electrons. The molecule has 0 bridgehead atoms. The molecule has 25 heavy (non-hydrogen) atoms. The average molecular weight is 395 g/mol. The second kappa shape index (κ2) is 6.75. The molecule has 1 amide bonds. The maximum atomic E-state index is 13.8. The van der Waals surface area contributed by atoms with Crippen molar-refractivity contribution >= 4 is 34.0 Å². The third-order valence-electron chi connectivity index (χ3n) is 3.65. The van der Waals surface area contributed by atoms with Crippen molar-refractivity contribution in [3.8, 4) is 0 Å². The molecule has 11 heteroatoms. The number of hydrogen-bond donors (Lipinski definition) is 0. The molecule has 0 spiro atoms. The quantitative estimate of drug-likeness (QED) is 0.733. The van der Waals surface area contributed by atoms with E-state index in [-0.39, 0.29) is 41.9 Å². The van der Waals surface area contributed by atoms with Crippen molar-refractivity contribution in [3.05, 3.63) is 39.6 Å². The van der Waals surface area contributed by atoms with E-state index in [1.54, 1.807) is 4.90 Å². The standard InChI is InChI=1S/C14H11ClF4N4OS/c15-8-1-2-10(16)9(7-8)11(24)22-3-5-23(6-4-22)13-21-20-12(25-13)14(17,18)19/h1-2,7H,3-6H2. The van der Waals surface area contributed by atoms with E-state index in [1.807, 2.05) is 0 Å². The lowest BCUT2D eigenvalue weighted by Crippen LogP contribution is -2.49. The molecule has 1 aromatic heterocycles. The van der Waals surface area contributed by atoms with Gasteiger partial charge in [-0.25, -0.2) is 4.39 Å². The van der Waals surface area contributed by atoms with E-state index in [1.165, 1.54) is 17.0 Å². The molecule has 0 saturated carbocycles. The maximum Gasteiger partial charge on any atom is 0.445 e. The van der Waals surface area contributed by atoms with Gasteiger partial charge in [-0.05, 0) is 18.2 Å². The number of carbonyl (C=O) groups excluding carboxylic acids is 1. The summed E-state index contributed by atoms with van der Waals surface area (Å²) < 4.78 is 51.5. The van der Waals surface area contributed by atoms with Gasteiger partial charge in [-0.2, -0.15) is 13.2 Å². The summed E-state index contributed by atoms with van der Waals surface area (Å²) in [5.41, 5.74) is -0.128. The van der Waals surface area contributed by atoms with Crippen molar-refractivity contribution in [2.24, 2.45) is 0 Å². The highest BCUT2D eigenvalue weighted by Crippen LogP contribution is 2.34. The van der Waals surface area contributed by atoms with Gasteiger partial charge in [0, 0.05) is 31.2 Å². The molecule has 0 aliphatic carbocycles. The number of aromatic nitrogens is 2. The Morgan fingerprint density at radius 1 is 1.16 bits per heavy atom. The summed E-state index contributed by atoms with van der Waals surface area (Å²) in [6, 6.07) is 3.72. The zero-order chi connectivity index (χ0) is 18.2. The van der Waals surface area contributed by atoms with Crippen LogP contribution in [0.25, 0.3) is 0 Å². The van der Waals surface area contributed by atoms with E-state index >= 15 is 0 Å². The third kappa shape index (κ3) is 3.84. The van der Waals surface area contributed by atoms with Crippen LogP contribution in [-0.4, -0.2) is 47.2 Å². The summed E-state index contributed by atoms with van der Waals surface area (Å²) in [5.74, 6) is -1.18. The lowest BCUT2D eigenvalue weighted by Gasteiger charge is -2.34. The fraction of sp³-hybridized carbons (Fsp3) is 0.357. The van der Waals surface area contributed by atoms with Gasteiger partial charge in [-0.1, -0.05) is 22.9 Å². The molecule has 0 unspecified atom stereocenters. The molecular weight excluding hydrogens is 384 g/mol. The minimum absolute atomic E-state index is 0.128. The van der Waals surface area contributed by atoms with Gasteiger partial charge in [0.25, 0.3) is 5.91 Å². The Balaban J connectivity index is 1.66. The number of piperazine rings is 1. The fourth-order valence-corrected chi connectivity index (χ4v) is 3.33. The molecule has 5 nitrogen and oxygen atoms in total. The van der Waals surface area contributed by atoms with Crippen LogP contribution in [0, 0.1) is 5.82 Å². The molecule has 0 atom stereocenters. The van der Waals surface area contributed by atoms with Crippen LogP contribution < -0.4 is 4.90 Å². The molecule has 1 aromatic carbocycles. The predicted octanol–water partition coefficient (Wildman–Crippen LogP) is 3.31. The van der Waals surface area contributed by atoms with Crippen LogP contribution in [0.1, 0.15) is 15.4 Å². The first kappa shape index (κ1) is 17.9. The number of benzene rings is 1. The van der Waals surface area contributed by atoms with Crippen LogP contribution in [0.5, 0.6) is 0 Å². The van der Waals surface area contributed by atoms with Gasteiger partial charge in [-0.15, -0.1) is 10.2 Å². The SMILES string of the molecule is O=C(c1cc(Cl)ccc1F)N1CCN(c2nnc(C(F)(F)F)s2)CC1. The number of carbonyl (C=O) groups is 1. The van der Waals surface area contributed by atoms with Crippen LogP contribution in [0.4, 0.5) is 22.7 Å². The van der Waals surface area contributed by atoms with Crippen LogP contribution in [0.3, 0.4) is 0 Å². The molecule has 0 N–H and O–H groups in total. The summed E-state index contributed by atoms with van der Waals surface area (Å²) in [6.45, 7) is 1.01. The van der Waals surface area contributed by atoms with Crippen LogP contribution >= 0.6 is 22.9 Å². The molecule has 134 valence electrons. The number of alkyl halides is 3. The molecule has 1 fully saturated rings. The Hall–Kier alpha value is -1.94. The fourth-order valence-electron chi connectivity index (χ4n) is 2.39. The minimum atomic E-state index is -4.53. The second-order valence-corrected chi connectivity index (χ2v) is 6.68. The smallest absolute Gasteiger partial charge is 0.343 e. The molecule has 1 aliphatic heterocycles. The van der Waals surface area contributed by atoms with Crippen molar-refractivity contribution in [3.63, 3.8) is 0 Å². The van der Waals surface area contributed by atoms with E-state index in [0.717, 1.165) is 6.07 Å². The second-order valence-electron chi connectivity index (χ2n) is 5.29. The normalized spacial score (nSPS) is 15.6. The molecule has 2 aromatic rings. The summed E-state index contributed by atoms with van der Waals surface area (Å²) in [6.07, 6.45) is -4.53. The highest BCUT2D eigenvalue weighted by atomic mass is 35.5. The predicted molar refractivity (Wildman–Crippen MR) is 84.4 cm³/mol. The van der Waals surface area contributed by atoms with Gasteiger partial charge in [0.15, 0.2) is 0 Å². The first-order valence-corrected chi connectivity index (χ1v) is 8.35. The summed E-state index contributed by atoms with van der Waals surface area (Å²) >= 11 is 6.25. The van der Waals surface area contributed by atoms with E-state index in [0.29, 0.717) is 11.3 Å². The Kier molecular flexibility index (Phi) is 4.83. The zero-order valence-corrected chi connectivity index (χ0v) is 14.1. The summed E-state index contributed by atoms with van der Waals surface area (Å²) in [7, 11) is 0. The van der Waals surface area contributed by atoms with Gasteiger partial charge in [0.2, 0.25) is 10.1 Å². The average Bonchev–Trinajstić information content (AvgIpc) is 3.07. The highest BCUT2D eigenvalue weighted by Gasteiger charge is 2.36. The monoisotopic (exact) mass is 394 g/mol. The first-order chi connectivity index (χ1) is 11.8. The van der Waals surface area contributed by atoms with Crippen molar-refractivity contribution in [2.75, 3.05) is 31.1 Å². The zero-order valence-electron chi connectivity index (χ0n) is 12.6. The van der Waals surface area contributed by atoms with Gasteiger partial charge < -0.3 is 9.80 Å². The molecule has 2 heterocycles. The maximum absolute atomic E-state index is 13.8. The van der Waals surface area contributed by atoms with E-state index < -0.39 is 22.9 Å². The Morgan fingerprint density at radius 2 is 1.84 bits per heavy atom. The van der Waals surface area contributed by atoms with Gasteiger partial charge in [0.05, 0.1) is 5.56 Å². The van der Waals surface area contributed by atoms with Crippen LogP contribution in [-0.2, 0) is 6.18 Å². The van der Waals surface area contributed by atoms with Crippen LogP contribution in [0.15, 0.2) is 18.2 Å². The lowest BCUT2D eigenvalue weighted by molar-refractivity contribution is -0.138. The van der Waals surface area contributed by atoms with Crippen molar-refractivity contribution < 1.29 is 22.4 Å². The van der Waals surface area contributed by atoms with E-state index in [4.69, 9.17) is 11.6 Å². The third-order valence-corrected chi connectivity index (χ3v) is 4.92. The van der Waals surface area contributed by atoms with Gasteiger partial charge in [-0.3, -0.25) is 4.79 Å². The van der Waals surface area contributed by atoms with Crippen LogP contribution in [0.2, 0.25) is 5.02 Å². The molecule has 1 saturated heterocycles. The largest absolute Gasteiger partial charge is 0.445 e. The minimum Gasteiger partial charge on any atom is -0.343 e. The van der Waals surface area contributed by atoms with E-state index in [2.05, 4.69) is 10.2 Å². The Labute approximate surface area is 148 Å². The van der Waals surface area contributed by atoms with Crippen molar-refractivity contribution in [1.29, 1.82) is 0 Å². The number of hydrogen-bond acceptors (Lipinski definition) is 5. The first-order valence-electron chi connectivity index (χ1n) is 7.15. The van der Waals surface area contributed by atoms with Gasteiger partial charge in [0.1, 0.15) is 5.82 Å². The number of anilines is 1. The molecule has 3 rings (SSSR count). The lowest BCUT2D eigenvalue weighted by atomic mass is 10.1. The van der Waals surface area contributed by atoms with Gasteiger partial charge >= 0.3 is 6.18 Å². The number of amides is 1. The van der Waals surface area contributed by atoms with E-state index in [9.17, 15) is 22.4 Å². The number of nitrogens with zero attached hydrogens (tertiary/aromatic N) is 4. The number of rotatable bonds is 2. The Bertz CT molecular complexity index is 789. The van der Waals surface area contributed by atoms with Crippen molar-refractivity contribution in [2.45, 2.75) is 6.18 Å². The molecule has 1 aliphatic rings. The van der Waals surface area contributed by atoms with Crippen molar-refractivity contribution in [1.82, 2.24) is 15.1 Å². The highest BCUT2D eigenvalue weighted by molar-refractivity contribution is 7.15. The molecular formula is C14H11ClF4N4OS. The number of halogens is 5. The summed E-state index contributed by atoms with van der Waals surface area (Å²) in [5, 5.41) is 6.08. The summed E-state index contributed by atoms with van der Waals surface area (Å²) in [4.78, 5) is 15.4. The topological polar surface area (TPSA) is 49.3 Å². The Morgan fingerprint density at radius 3 is 2.44 bits per heavy atom.